The highest BCUT2D eigenvalue weighted by atomic mass is 32.1. The van der Waals surface area contributed by atoms with Gasteiger partial charge < -0.3 is 0 Å². The number of benzene rings is 1. The average molecular weight is 272 g/mol. The van der Waals surface area contributed by atoms with Gasteiger partial charge in [-0.25, -0.2) is 9.78 Å². The van der Waals surface area contributed by atoms with E-state index in [9.17, 15) is 4.79 Å². The second-order valence-corrected chi connectivity index (χ2v) is 6.51. The molecule has 0 amide bonds. The van der Waals surface area contributed by atoms with Gasteiger partial charge in [0.15, 0.2) is 0 Å². The van der Waals surface area contributed by atoms with Crippen LogP contribution in [-0.4, -0.2) is 11.1 Å². The first-order valence-corrected chi connectivity index (χ1v) is 7.47. The molecule has 0 atom stereocenters. The molecule has 4 heteroatoms. The highest BCUT2D eigenvalue weighted by Gasteiger charge is 2.40. The molecule has 3 nitrogen and oxygen atoms in total. The highest BCUT2D eigenvalue weighted by molar-refractivity contribution is 7.18. The maximum absolute atomic E-state index is 10.7. The molecule has 98 valence electrons. The van der Waals surface area contributed by atoms with Gasteiger partial charge in [0.1, 0.15) is 5.54 Å². The van der Waals surface area contributed by atoms with Crippen LogP contribution in [0.15, 0.2) is 23.2 Å². The minimum atomic E-state index is -0.358. The van der Waals surface area contributed by atoms with Gasteiger partial charge in [0.2, 0.25) is 6.08 Å². The van der Waals surface area contributed by atoms with Crippen molar-refractivity contribution in [2.24, 2.45) is 4.99 Å². The van der Waals surface area contributed by atoms with Crippen LogP contribution >= 0.6 is 11.3 Å². The maximum Gasteiger partial charge on any atom is 0.235 e. The van der Waals surface area contributed by atoms with Crippen molar-refractivity contribution in [2.45, 2.75) is 44.6 Å². The molecule has 0 aliphatic heterocycles. The zero-order chi connectivity index (χ0) is 13.5. The summed E-state index contributed by atoms with van der Waals surface area (Å²) in [6, 6.07) is 6.20. The average Bonchev–Trinajstić information content (AvgIpc) is 2.77. The Morgan fingerprint density at radius 2 is 2.21 bits per heavy atom. The topological polar surface area (TPSA) is 42.3 Å². The summed E-state index contributed by atoms with van der Waals surface area (Å²) in [5, 5.41) is 1.15. The number of hydrogen-bond acceptors (Lipinski definition) is 4. The number of hydrogen-bond donors (Lipinski definition) is 0. The Labute approximate surface area is 116 Å². The van der Waals surface area contributed by atoms with Crippen molar-refractivity contribution in [1.82, 2.24) is 4.98 Å². The molecule has 2 aromatic rings. The lowest BCUT2D eigenvalue weighted by atomic mass is 9.72. The van der Waals surface area contributed by atoms with Crippen molar-refractivity contribution in [3.63, 3.8) is 0 Å². The summed E-state index contributed by atoms with van der Waals surface area (Å²) < 4.78 is 1.19. The van der Waals surface area contributed by atoms with Gasteiger partial charge in [-0.15, -0.1) is 11.3 Å². The van der Waals surface area contributed by atoms with Gasteiger partial charge in [-0.3, -0.25) is 0 Å². The number of thiazole rings is 1. The van der Waals surface area contributed by atoms with Gasteiger partial charge in [0.05, 0.1) is 15.2 Å². The lowest BCUT2D eigenvalue weighted by Crippen LogP contribution is -2.32. The predicted octanol–water partition coefficient (Wildman–Crippen LogP) is 4.13. The van der Waals surface area contributed by atoms with Crippen LogP contribution in [0.5, 0.6) is 0 Å². The standard InChI is InChI=1S/C15H16N2OS/c1-10(2)14-17-13-11(5-3-6-12(13)19-14)15(16-9-18)7-4-8-15/h3,5-6,10H,4,7-8H2,1-2H3. The van der Waals surface area contributed by atoms with Crippen molar-refractivity contribution in [1.29, 1.82) is 0 Å². The Morgan fingerprint density at radius 1 is 1.42 bits per heavy atom. The first-order valence-electron chi connectivity index (χ1n) is 6.65. The molecule has 0 spiro atoms. The van der Waals surface area contributed by atoms with Gasteiger partial charge >= 0.3 is 0 Å². The molecule has 1 fully saturated rings. The Kier molecular flexibility index (Phi) is 3.00. The molecule has 1 aromatic heterocycles. The van der Waals surface area contributed by atoms with E-state index in [1.165, 1.54) is 4.70 Å². The summed E-state index contributed by atoms with van der Waals surface area (Å²) in [6.07, 6.45) is 4.72. The predicted molar refractivity (Wildman–Crippen MR) is 77.4 cm³/mol. The zero-order valence-electron chi connectivity index (χ0n) is 11.1. The Balaban J connectivity index is 2.20. The minimum Gasteiger partial charge on any atom is -0.241 e. The van der Waals surface area contributed by atoms with E-state index in [0.717, 1.165) is 35.4 Å². The monoisotopic (exact) mass is 272 g/mol. The van der Waals surface area contributed by atoms with E-state index in [0.29, 0.717) is 5.92 Å². The van der Waals surface area contributed by atoms with E-state index < -0.39 is 0 Å². The van der Waals surface area contributed by atoms with Crippen molar-refractivity contribution >= 4 is 27.6 Å². The molecule has 0 N–H and O–H groups in total. The third-order valence-corrected chi connectivity index (χ3v) is 5.19. The number of carbonyl (C=O) groups excluding carboxylic acids is 1. The zero-order valence-corrected chi connectivity index (χ0v) is 12.0. The number of rotatable bonds is 3. The molecule has 1 heterocycles. The fraction of sp³-hybridized carbons (Fsp3) is 0.467. The summed E-state index contributed by atoms with van der Waals surface area (Å²) >= 11 is 1.74. The SMILES string of the molecule is CC(C)c1nc2c(C3(N=C=O)CCC3)cccc2s1. The van der Waals surface area contributed by atoms with Gasteiger partial charge in [-0.1, -0.05) is 26.0 Å². The highest BCUT2D eigenvalue weighted by Crippen LogP contribution is 2.47. The van der Waals surface area contributed by atoms with E-state index in [2.05, 4.69) is 31.0 Å². The van der Waals surface area contributed by atoms with Crippen molar-refractivity contribution in [2.75, 3.05) is 0 Å². The maximum atomic E-state index is 10.7. The molecule has 3 rings (SSSR count). The van der Waals surface area contributed by atoms with Crippen LogP contribution in [-0.2, 0) is 10.3 Å². The Hall–Kier alpha value is -1.51. The molecule has 0 unspecified atom stereocenters. The van der Waals surface area contributed by atoms with Crippen LogP contribution in [0.2, 0.25) is 0 Å². The van der Waals surface area contributed by atoms with E-state index >= 15 is 0 Å². The molecule has 1 saturated carbocycles. The summed E-state index contributed by atoms with van der Waals surface area (Å²) in [6.45, 7) is 4.31. The van der Waals surface area contributed by atoms with Crippen LogP contribution < -0.4 is 0 Å². The van der Waals surface area contributed by atoms with Crippen molar-refractivity contribution in [3.8, 4) is 0 Å². The summed E-state index contributed by atoms with van der Waals surface area (Å²) in [5.41, 5.74) is 1.77. The molecule has 0 saturated heterocycles. The fourth-order valence-electron chi connectivity index (χ4n) is 2.63. The first-order chi connectivity index (χ1) is 9.16. The summed E-state index contributed by atoms with van der Waals surface area (Å²) in [4.78, 5) is 19.6. The third-order valence-electron chi connectivity index (χ3n) is 3.87. The van der Waals surface area contributed by atoms with Gasteiger partial charge in [0.25, 0.3) is 0 Å². The summed E-state index contributed by atoms with van der Waals surface area (Å²) in [5.74, 6) is 0.428. The van der Waals surface area contributed by atoms with Crippen molar-refractivity contribution < 1.29 is 4.79 Å². The van der Waals surface area contributed by atoms with E-state index in [1.54, 1.807) is 17.4 Å². The van der Waals surface area contributed by atoms with Gasteiger partial charge in [-0.05, 0) is 25.3 Å². The van der Waals surface area contributed by atoms with Crippen LogP contribution in [0.25, 0.3) is 10.2 Å². The number of fused-ring (bicyclic) bond motifs is 1. The molecule has 1 aliphatic rings. The van der Waals surface area contributed by atoms with Crippen LogP contribution in [0.1, 0.15) is 49.6 Å². The smallest absolute Gasteiger partial charge is 0.235 e. The molecule has 19 heavy (non-hydrogen) atoms. The fourth-order valence-corrected chi connectivity index (χ4v) is 3.63. The molecule has 0 radical (unpaired) electrons. The molecule has 1 aliphatic carbocycles. The number of nitrogens with zero attached hydrogens (tertiary/aromatic N) is 2. The second kappa shape index (κ2) is 4.55. The van der Waals surface area contributed by atoms with Gasteiger partial charge in [0, 0.05) is 11.5 Å². The Morgan fingerprint density at radius 3 is 2.79 bits per heavy atom. The van der Waals surface area contributed by atoms with E-state index in [1.807, 2.05) is 6.07 Å². The number of aliphatic imine (C=N–C) groups is 1. The first kappa shape index (κ1) is 12.5. The molecule has 1 aromatic carbocycles. The number of isocyanates is 1. The summed E-state index contributed by atoms with van der Waals surface area (Å²) in [7, 11) is 0. The van der Waals surface area contributed by atoms with Crippen molar-refractivity contribution in [3.05, 3.63) is 28.8 Å². The third kappa shape index (κ3) is 1.92. The van der Waals surface area contributed by atoms with E-state index in [4.69, 9.17) is 4.98 Å². The van der Waals surface area contributed by atoms with Crippen LogP contribution in [0.4, 0.5) is 0 Å². The normalized spacial score (nSPS) is 17.2. The van der Waals surface area contributed by atoms with Gasteiger partial charge in [-0.2, -0.15) is 4.99 Å². The lowest BCUT2D eigenvalue weighted by molar-refractivity contribution is 0.258. The largest absolute Gasteiger partial charge is 0.241 e. The molecular weight excluding hydrogens is 256 g/mol. The molecular formula is C15H16N2OS. The molecule has 0 bridgehead atoms. The lowest BCUT2D eigenvalue weighted by Gasteiger charge is -2.37. The number of aromatic nitrogens is 1. The quantitative estimate of drug-likeness (QED) is 0.622. The Bertz CT molecular complexity index is 664. The second-order valence-electron chi connectivity index (χ2n) is 5.45. The minimum absolute atomic E-state index is 0.358. The van der Waals surface area contributed by atoms with Crippen LogP contribution in [0, 0.1) is 0 Å². The van der Waals surface area contributed by atoms with E-state index in [-0.39, 0.29) is 5.54 Å². The number of para-hydroxylation sites is 1. The van der Waals surface area contributed by atoms with Crippen LogP contribution in [0.3, 0.4) is 0 Å².